The predicted octanol–water partition coefficient (Wildman–Crippen LogP) is 2.72. The van der Waals surface area contributed by atoms with Crippen LogP contribution in [0.25, 0.3) is 0 Å². The number of methoxy groups -OCH3 is 2. The zero-order valence-corrected chi connectivity index (χ0v) is 14.6. The minimum atomic E-state index is -0.616. The summed E-state index contributed by atoms with van der Waals surface area (Å²) in [6.07, 6.45) is 1.57. The first kappa shape index (κ1) is 18.6. The van der Waals surface area contributed by atoms with Crippen molar-refractivity contribution in [2.45, 2.75) is 5.75 Å². The minimum Gasteiger partial charge on any atom is -0.468 e. The molecule has 2 aromatic rings. The maximum Gasteiger partial charge on any atom is 0.339 e. The molecule has 0 unspecified atom stereocenters. The van der Waals surface area contributed by atoms with Crippen LogP contribution in [-0.4, -0.2) is 37.8 Å². The van der Waals surface area contributed by atoms with Crippen LogP contribution >= 0.6 is 11.8 Å². The van der Waals surface area contributed by atoms with Gasteiger partial charge in [0, 0.05) is 0 Å². The Hall–Kier alpha value is -2.74. The van der Waals surface area contributed by atoms with Crippen LogP contribution in [0.2, 0.25) is 0 Å². The van der Waals surface area contributed by atoms with Gasteiger partial charge < -0.3 is 19.2 Å². The molecule has 0 atom stereocenters. The van der Waals surface area contributed by atoms with Crippen LogP contribution < -0.4 is 5.32 Å². The topological polar surface area (TPSA) is 94.8 Å². The van der Waals surface area contributed by atoms with Crippen LogP contribution in [0.3, 0.4) is 0 Å². The minimum absolute atomic E-state index is 0.152. The number of carbonyl (C=O) groups is 3. The van der Waals surface area contributed by atoms with Gasteiger partial charge in [-0.1, -0.05) is 0 Å². The van der Waals surface area contributed by atoms with Gasteiger partial charge in [0.05, 0.1) is 48.8 Å². The second kappa shape index (κ2) is 8.93. The monoisotopic (exact) mass is 363 g/mol. The number of rotatable bonds is 7. The van der Waals surface area contributed by atoms with E-state index in [2.05, 4.69) is 10.1 Å². The summed E-state index contributed by atoms with van der Waals surface area (Å²) in [5.74, 6) is -0.0329. The molecule has 0 aliphatic rings. The molecule has 8 heteroatoms. The lowest BCUT2D eigenvalue weighted by Gasteiger charge is -2.11. The van der Waals surface area contributed by atoms with Crippen molar-refractivity contribution in [2.75, 3.05) is 25.3 Å². The first-order valence-electron chi connectivity index (χ1n) is 7.25. The number of amides is 1. The molecule has 1 aromatic heterocycles. The van der Waals surface area contributed by atoms with Crippen LogP contribution in [-0.2, 0) is 20.0 Å². The van der Waals surface area contributed by atoms with Crippen LogP contribution in [0.4, 0.5) is 5.69 Å². The van der Waals surface area contributed by atoms with Crippen molar-refractivity contribution in [2.24, 2.45) is 0 Å². The van der Waals surface area contributed by atoms with E-state index in [1.54, 1.807) is 12.3 Å². The fourth-order valence-corrected chi connectivity index (χ4v) is 2.73. The SMILES string of the molecule is COC(=O)c1ccc(C(=O)OC)c(NC(=O)CSCc2ccco2)c1. The Morgan fingerprint density at radius 3 is 2.52 bits per heavy atom. The Bertz CT molecular complexity index is 757. The van der Waals surface area contributed by atoms with Crippen LogP contribution in [0.15, 0.2) is 41.0 Å². The van der Waals surface area contributed by atoms with Crippen molar-refractivity contribution >= 4 is 35.3 Å². The maximum absolute atomic E-state index is 12.1. The summed E-state index contributed by atoms with van der Waals surface area (Å²) < 4.78 is 14.5. The molecule has 0 spiro atoms. The third-order valence-electron chi connectivity index (χ3n) is 3.18. The number of benzene rings is 1. The van der Waals surface area contributed by atoms with Gasteiger partial charge in [-0.3, -0.25) is 4.79 Å². The lowest BCUT2D eigenvalue weighted by molar-refractivity contribution is -0.113. The van der Waals surface area contributed by atoms with Crippen molar-refractivity contribution in [3.05, 3.63) is 53.5 Å². The van der Waals surface area contributed by atoms with Crippen molar-refractivity contribution in [3.63, 3.8) is 0 Å². The smallest absolute Gasteiger partial charge is 0.339 e. The third kappa shape index (κ3) is 5.12. The molecule has 1 amide bonds. The Morgan fingerprint density at radius 1 is 1.12 bits per heavy atom. The summed E-state index contributed by atoms with van der Waals surface area (Å²) in [5, 5.41) is 2.63. The fraction of sp³-hybridized carbons (Fsp3) is 0.235. The molecule has 0 saturated carbocycles. The molecule has 1 heterocycles. The number of anilines is 1. The molecule has 25 heavy (non-hydrogen) atoms. The van der Waals surface area contributed by atoms with Crippen LogP contribution in [0, 0.1) is 0 Å². The molecule has 2 rings (SSSR count). The number of hydrogen-bond donors (Lipinski definition) is 1. The Labute approximate surface area is 148 Å². The largest absolute Gasteiger partial charge is 0.468 e. The fourth-order valence-electron chi connectivity index (χ4n) is 2.01. The average molecular weight is 363 g/mol. The van der Waals surface area contributed by atoms with E-state index in [0.29, 0.717) is 5.75 Å². The van der Waals surface area contributed by atoms with E-state index < -0.39 is 11.9 Å². The second-order valence-corrected chi connectivity index (χ2v) is 5.85. The second-order valence-electron chi connectivity index (χ2n) is 4.86. The van der Waals surface area contributed by atoms with Crippen molar-refractivity contribution in [3.8, 4) is 0 Å². The van der Waals surface area contributed by atoms with E-state index in [0.717, 1.165) is 5.76 Å². The zero-order chi connectivity index (χ0) is 18.2. The molecule has 0 aliphatic carbocycles. The summed E-state index contributed by atoms with van der Waals surface area (Å²) in [7, 11) is 2.49. The van der Waals surface area contributed by atoms with E-state index in [9.17, 15) is 14.4 Å². The highest BCUT2D eigenvalue weighted by molar-refractivity contribution is 7.99. The zero-order valence-electron chi connectivity index (χ0n) is 13.7. The number of furan rings is 1. The molecule has 0 fully saturated rings. The first-order valence-corrected chi connectivity index (χ1v) is 8.41. The molecule has 0 bridgehead atoms. The molecule has 7 nitrogen and oxygen atoms in total. The number of hydrogen-bond acceptors (Lipinski definition) is 7. The van der Waals surface area contributed by atoms with Gasteiger partial charge in [0.1, 0.15) is 5.76 Å². The van der Waals surface area contributed by atoms with Crippen molar-refractivity contribution in [1.29, 1.82) is 0 Å². The van der Waals surface area contributed by atoms with E-state index in [-0.39, 0.29) is 28.5 Å². The summed E-state index contributed by atoms with van der Waals surface area (Å²) >= 11 is 1.36. The lowest BCUT2D eigenvalue weighted by Crippen LogP contribution is -2.18. The lowest BCUT2D eigenvalue weighted by atomic mass is 10.1. The molecule has 0 radical (unpaired) electrons. The highest BCUT2D eigenvalue weighted by Gasteiger charge is 2.17. The predicted molar refractivity (Wildman–Crippen MR) is 92.6 cm³/mol. The third-order valence-corrected chi connectivity index (χ3v) is 4.13. The number of ether oxygens (including phenoxy) is 2. The van der Waals surface area contributed by atoms with E-state index in [1.807, 2.05) is 6.07 Å². The van der Waals surface area contributed by atoms with Gasteiger partial charge in [-0.15, -0.1) is 11.8 Å². The Kier molecular flexibility index (Phi) is 6.64. The van der Waals surface area contributed by atoms with Crippen molar-refractivity contribution < 1.29 is 28.3 Å². The van der Waals surface area contributed by atoms with E-state index >= 15 is 0 Å². The molecule has 0 aliphatic heterocycles. The summed E-state index contributed by atoms with van der Waals surface area (Å²) in [6.45, 7) is 0. The molecular weight excluding hydrogens is 346 g/mol. The maximum atomic E-state index is 12.1. The van der Waals surface area contributed by atoms with Gasteiger partial charge in [0.2, 0.25) is 5.91 Å². The normalized spacial score (nSPS) is 10.2. The average Bonchev–Trinajstić information content (AvgIpc) is 3.13. The molecule has 1 aromatic carbocycles. The highest BCUT2D eigenvalue weighted by Crippen LogP contribution is 2.20. The summed E-state index contributed by atoms with van der Waals surface area (Å²) in [4.78, 5) is 35.6. The van der Waals surface area contributed by atoms with E-state index in [4.69, 9.17) is 9.15 Å². The van der Waals surface area contributed by atoms with Gasteiger partial charge in [-0.25, -0.2) is 9.59 Å². The Morgan fingerprint density at radius 2 is 1.88 bits per heavy atom. The highest BCUT2D eigenvalue weighted by atomic mass is 32.2. The Balaban J connectivity index is 2.07. The van der Waals surface area contributed by atoms with Gasteiger partial charge in [-0.2, -0.15) is 0 Å². The number of esters is 2. The summed E-state index contributed by atoms with van der Waals surface area (Å²) in [5.41, 5.74) is 0.562. The van der Waals surface area contributed by atoms with Gasteiger partial charge in [0.25, 0.3) is 0 Å². The van der Waals surface area contributed by atoms with Crippen molar-refractivity contribution in [1.82, 2.24) is 0 Å². The van der Waals surface area contributed by atoms with Gasteiger partial charge >= 0.3 is 11.9 Å². The number of carbonyl (C=O) groups excluding carboxylic acids is 3. The standard InChI is InChI=1S/C17H17NO6S/c1-22-16(20)11-5-6-13(17(21)23-2)14(8-11)18-15(19)10-25-9-12-4-3-7-24-12/h3-8H,9-10H2,1-2H3,(H,18,19). The quantitative estimate of drug-likeness (QED) is 0.756. The molecule has 132 valence electrons. The van der Waals surface area contributed by atoms with Gasteiger partial charge in [-0.05, 0) is 30.3 Å². The van der Waals surface area contributed by atoms with Gasteiger partial charge in [0.15, 0.2) is 0 Å². The summed E-state index contributed by atoms with van der Waals surface area (Å²) in [6, 6.07) is 7.81. The molecular formula is C17H17NO6S. The molecule has 1 N–H and O–H groups in total. The number of nitrogens with one attached hydrogen (secondary N) is 1. The van der Waals surface area contributed by atoms with Crippen LogP contribution in [0.5, 0.6) is 0 Å². The molecule has 0 saturated heterocycles. The van der Waals surface area contributed by atoms with Crippen LogP contribution in [0.1, 0.15) is 26.5 Å². The first-order chi connectivity index (χ1) is 12.0. The number of thioether (sulfide) groups is 1. The van der Waals surface area contributed by atoms with E-state index in [1.165, 1.54) is 44.2 Å².